The second-order valence-corrected chi connectivity index (χ2v) is 7.96. The molecule has 154 valence electrons. The van der Waals surface area contributed by atoms with Crippen LogP contribution in [0, 0.1) is 0 Å². The molecule has 0 radical (unpaired) electrons. The van der Waals surface area contributed by atoms with Gasteiger partial charge in [-0.2, -0.15) is 0 Å². The van der Waals surface area contributed by atoms with Crippen LogP contribution >= 0.6 is 23.1 Å². The van der Waals surface area contributed by atoms with E-state index in [1.807, 2.05) is 0 Å². The molecule has 0 bridgehead atoms. The largest absolute Gasteiger partial charge is 0.477 e. The van der Waals surface area contributed by atoms with Gasteiger partial charge in [0.1, 0.15) is 29.4 Å². The monoisotopic (exact) mass is 437 g/mol. The number of thiazole rings is 1. The van der Waals surface area contributed by atoms with Crippen LogP contribution in [0.25, 0.3) is 0 Å². The zero-order valence-electron chi connectivity index (χ0n) is 15.6. The molecule has 3 rings (SSSR count). The molecular formula is C17H19N5O5S2. The number of aromatic nitrogens is 1. The Hall–Kier alpha value is -2.86. The number of thioether (sulfide) groups is 1. The number of β-lactam (4-membered cyclic amide) rings is 1. The van der Waals surface area contributed by atoms with Gasteiger partial charge in [-0.05, 0) is 19.4 Å². The molecule has 2 aliphatic heterocycles. The lowest BCUT2D eigenvalue weighted by Crippen LogP contribution is -2.71. The number of nitrogens with one attached hydrogen (secondary N) is 1. The number of fused-ring (bicyclic) bond motifs is 1. The fourth-order valence-electron chi connectivity index (χ4n) is 2.91. The lowest BCUT2D eigenvalue weighted by Gasteiger charge is -2.49. The third-order valence-corrected chi connectivity index (χ3v) is 6.10. The van der Waals surface area contributed by atoms with Crippen LogP contribution in [0.2, 0.25) is 0 Å². The van der Waals surface area contributed by atoms with Crippen molar-refractivity contribution in [2.75, 3.05) is 18.1 Å². The van der Waals surface area contributed by atoms with Crippen LogP contribution in [0.4, 0.5) is 5.13 Å². The van der Waals surface area contributed by atoms with E-state index in [4.69, 9.17) is 10.6 Å². The Labute approximate surface area is 174 Å². The van der Waals surface area contributed by atoms with Crippen molar-refractivity contribution in [3.63, 3.8) is 0 Å². The summed E-state index contributed by atoms with van der Waals surface area (Å²) in [4.78, 5) is 47.3. The van der Waals surface area contributed by atoms with Crippen LogP contribution in [-0.4, -0.2) is 62.3 Å². The molecule has 2 amide bonds. The first-order valence-electron chi connectivity index (χ1n) is 8.65. The summed E-state index contributed by atoms with van der Waals surface area (Å²) in [7, 11) is 0. The summed E-state index contributed by atoms with van der Waals surface area (Å²) < 4.78 is 0. The topological polar surface area (TPSA) is 147 Å². The van der Waals surface area contributed by atoms with Crippen molar-refractivity contribution >= 4 is 51.7 Å². The number of nitrogens with zero attached hydrogens (tertiary/aromatic N) is 3. The highest BCUT2D eigenvalue weighted by atomic mass is 32.2. The molecule has 1 aromatic heterocycles. The summed E-state index contributed by atoms with van der Waals surface area (Å²) in [5.74, 6) is -1.92. The van der Waals surface area contributed by atoms with E-state index in [1.54, 1.807) is 31.4 Å². The number of carboxylic acid groups (broad SMARTS) is 1. The summed E-state index contributed by atoms with van der Waals surface area (Å²) in [6.45, 7) is 3.72. The minimum atomic E-state index is -1.18. The fourth-order valence-corrected chi connectivity index (χ4v) is 4.78. The van der Waals surface area contributed by atoms with E-state index in [2.05, 4.69) is 15.5 Å². The molecule has 2 aliphatic rings. The fraction of sp³-hybridized carbons (Fsp3) is 0.353. The highest BCUT2D eigenvalue weighted by molar-refractivity contribution is 8.00. The van der Waals surface area contributed by atoms with Gasteiger partial charge in [-0.3, -0.25) is 14.5 Å². The Morgan fingerprint density at radius 3 is 2.90 bits per heavy atom. The molecule has 0 saturated carbocycles. The van der Waals surface area contributed by atoms with E-state index in [-0.39, 0.29) is 28.8 Å². The predicted molar refractivity (Wildman–Crippen MR) is 109 cm³/mol. The highest BCUT2D eigenvalue weighted by Crippen LogP contribution is 2.40. The Morgan fingerprint density at radius 1 is 1.55 bits per heavy atom. The van der Waals surface area contributed by atoms with Crippen molar-refractivity contribution in [1.29, 1.82) is 0 Å². The lowest BCUT2D eigenvalue weighted by atomic mass is 10.0. The van der Waals surface area contributed by atoms with Crippen LogP contribution in [0.5, 0.6) is 0 Å². The standard InChI is InChI=1S/C17H19N5O5S2/c1-3-5-8-6-28-15-11(14(24)22(15)12(8)16(25)26)20-13(23)10(21-27-4-2)9-7-29-17(18)19-9/h3,5,7,11,15H,4,6H2,1-2H3,(H2,18,19)(H,20,23)(H,25,26)/t11-,15+/m1/s1. The summed E-state index contributed by atoms with van der Waals surface area (Å²) in [5.41, 5.74) is 6.25. The van der Waals surface area contributed by atoms with Gasteiger partial charge in [-0.25, -0.2) is 9.78 Å². The molecule has 29 heavy (non-hydrogen) atoms. The summed E-state index contributed by atoms with van der Waals surface area (Å²) in [6.07, 6.45) is 3.39. The third kappa shape index (κ3) is 3.98. The van der Waals surface area contributed by atoms with E-state index in [1.165, 1.54) is 16.7 Å². The van der Waals surface area contributed by atoms with Gasteiger partial charge in [-0.15, -0.1) is 23.1 Å². The van der Waals surface area contributed by atoms with Crippen LogP contribution in [0.3, 0.4) is 0 Å². The molecule has 0 unspecified atom stereocenters. The van der Waals surface area contributed by atoms with Gasteiger partial charge in [-0.1, -0.05) is 17.3 Å². The third-order valence-electron chi connectivity index (χ3n) is 4.12. The minimum Gasteiger partial charge on any atom is -0.477 e. The summed E-state index contributed by atoms with van der Waals surface area (Å²) in [6, 6.07) is -0.878. The Balaban J connectivity index is 1.80. The maximum absolute atomic E-state index is 12.7. The molecule has 0 aliphatic carbocycles. The molecule has 10 nitrogen and oxygen atoms in total. The van der Waals surface area contributed by atoms with Crippen molar-refractivity contribution in [2.24, 2.45) is 5.16 Å². The van der Waals surface area contributed by atoms with Crippen molar-refractivity contribution in [3.8, 4) is 0 Å². The smallest absolute Gasteiger partial charge is 0.352 e. The van der Waals surface area contributed by atoms with Crippen LogP contribution < -0.4 is 11.1 Å². The SMILES string of the molecule is CC=CC1=C(C(=O)O)N2C(=O)[C@@H](NC(=O)C(=NOCC)c3csc(N)n3)[C@@H]2SC1. The predicted octanol–water partition coefficient (Wildman–Crippen LogP) is 0.781. The van der Waals surface area contributed by atoms with Crippen LogP contribution in [0.1, 0.15) is 19.5 Å². The molecule has 1 fully saturated rings. The number of nitrogens with two attached hydrogens (primary N) is 1. The van der Waals surface area contributed by atoms with E-state index >= 15 is 0 Å². The van der Waals surface area contributed by atoms with Crippen molar-refractivity contribution in [3.05, 3.63) is 34.5 Å². The second-order valence-electron chi connectivity index (χ2n) is 5.97. The van der Waals surface area contributed by atoms with Gasteiger partial charge in [0, 0.05) is 11.1 Å². The number of nitrogen functional groups attached to an aromatic ring is 1. The molecular weight excluding hydrogens is 418 g/mol. The first kappa shape index (κ1) is 20.9. The number of hydrogen-bond donors (Lipinski definition) is 3. The van der Waals surface area contributed by atoms with Gasteiger partial charge >= 0.3 is 5.97 Å². The average molecular weight is 438 g/mol. The number of rotatable bonds is 7. The number of anilines is 1. The number of carboxylic acids is 1. The number of carbonyl (C=O) groups excluding carboxylic acids is 2. The van der Waals surface area contributed by atoms with Crippen molar-refractivity contribution in [1.82, 2.24) is 15.2 Å². The number of oxime groups is 1. The summed E-state index contributed by atoms with van der Waals surface area (Å²) >= 11 is 2.52. The number of carbonyl (C=O) groups is 3. The van der Waals surface area contributed by atoms with Crippen LogP contribution in [-0.2, 0) is 19.2 Å². The molecule has 1 aromatic rings. The Bertz CT molecular complexity index is 938. The summed E-state index contributed by atoms with van der Waals surface area (Å²) in [5, 5.41) is 17.3. The highest BCUT2D eigenvalue weighted by Gasteiger charge is 2.54. The molecule has 4 N–H and O–H groups in total. The van der Waals surface area contributed by atoms with Gasteiger partial charge in [0.05, 0.1) is 0 Å². The van der Waals surface area contributed by atoms with Gasteiger partial charge < -0.3 is 21.0 Å². The number of allylic oxidation sites excluding steroid dienone is 2. The number of amides is 2. The Kier molecular flexibility index (Phi) is 6.23. The lowest BCUT2D eigenvalue weighted by molar-refractivity contribution is -0.150. The quantitative estimate of drug-likeness (QED) is 0.322. The van der Waals surface area contributed by atoms with Gasteiger partial charge in [0.15, 0.2) is 10.8 Å². The zero-order valence-corrected chi connectivity index (χ0v) is 17.2. The second kappa shape index (κ2) is 8.66. The van der Waals surface area contributed by atoms with Gasteiger partial charge in [0.2, 0.25) is 0 Å². The van der Waals surface area contributed by atoms with Crippen molar-refractivity contribution < 1.29 is 24.3 Å². The molecule has 12 heteroatoms. The molecule has 0 aromatic carbocycles. The number of aliphatic carboxylic acids is 1. The maximum atomic E-state index is 12.7. The minimum absolute atomic E-state index is 0.0576. The first-order chi connectivity index (χ1) is 13.9. The van der Waals surface area contributed by atoms with E-state index in [0.29, 0.717) is 11.3 Å². The van der Waals surface area contributed by atoms with Crippen molar-refractivity contribution in [2.45, 2.75) is 25.3 Å². The molecule has 0 spiro atoms. The molecule has 3 heterocycles. The van der Waals surface area contributed by atoms with E-state index in [0.717, 1.165) is 11.3 Å². The molecule has 1 saturated heterocycles. The van der Waals surface area contributed by atoms with E-state index < -0.39 is 29.2 Å². The van der Waals surface area contributed by atoms with E-state index in [9.17, 15) is 19.5 Å². The first-order valence-corrected chi connectivity index (χ1v) is 10.6. The number of hydrogen-bond acceptors (Lipinski definition) is 9. The molecule has 2 atom stereocenters. The normalized spacial score (nSPS) is 21.8. The van der Waals surface area contributed by atoms with Gasteiger partial charge in [0.25, 0.3) is 11.8 Å². The average Bonchev–Trinajstić information content (AvgIpc) is 3.12. The zero-order chi connectivity index (χ0) is 21.1. The van der Waals surface area contributed by atoms with Crippen LogP contribution in [0.15, 0.2) is 34.0 Å². The Morgan fingerprint density at radius 2 is 2.31 bits per heavy atom. The maximum Gasteiger partial charge on any atom is 0.352 e.